The highest BCUT2D eigenvalue weighted by atomic mass is 16.5. The second-order valence-corrected chi connectivity index (χ2v) is 4.64. The summed E-state index contributed by atoms with van der Waals surface area (Å²) in [6.45, 7) is 3.62. The molecule has 0 atom stereocenters. The number of nitriles is 1. The van der Waals surface area contributed by atoms with Crippen molar-refractivity contribution in [1.29, 1.82) is 5.26 Å². The van der Waals surface area contributed by atoms with Gasteiger partial charge in [0.15, 0.2) is 6.29 Å². The fourth-order valence-corrected chi connectivity index (χ4v) is 2.06. The summed E-state index contributed by atoms with van der Waals surface area (Å²) < 4.78 is 7.73. The minimum absolute atomic E-state index is 0.153. The molecule has 0 saturated carbocycles. The number of aldehydes is 1. The average Bonchev–Trinajstić information content (AvgIpc) is 2.83. The molecule has 0 aliphatic heterocycles. The van der Waals surface area contributed by atoms with Gasteiger partial charge >= 0.3 is 5.69 Å². The first kappa shape index (κ1) is 14.5. The van der Waals surface area contributed by atoms with Gasteiger partial charge in [-0.2, -0.15) is 5.26 Å². The lowest BCUT2D eigenvalue weighted by atomic mass is 10.3. The van der Waals surface area contributed by atoms with E-state index in [4.69, 9.17) is 10.00 Å². The van der Waals surface area contributed by atoms with E-state index in [2.05, 4.69) is 4.98 Å². The van der Waals surface area contributed by atoms with Gasteiger partial charge in [-0.15, -0.1) is 0 Å². The molecule has 7 heteroatoms. The predicted molar refractivity (Wildman–Crippen MR) is 74.9 cm³/mol. The summed E-state index contributed by atoms with van der Waals surface area (Å²) in [5.41, 5.74) is 0.166. The van der Waals surface area contributed by atoms with Crippen LogP contribution in [0.25, 0.3) is 5.82 Å². The lowest BCUT2D eigenvalue weighted by Crippen LogP contribution is -2.26. The zero-order chi connectivity index (χ0) is 15.6. The fraction of sp³-hybridized carbons (Fsp3) is 0.286. The van der Waals surface area contributed by atoms with Crippen LogP contribution < -0.4 is 10.4 Å². The Labute approximate surface area is 121 Å². The zero-order valence-corrected chi connectivity index (χ0v) is 11.9. The van der Waals surface area contributed by atoms with Gasteiger partial charge in [0, 0.05) is 18.3 Å². The summed E-state index contributed by atoms with van der Waals surface area (Å²) >= 11 is 0. The maximum absolute atomic E-state index is 12.4. The first-order valence-electron chi connectivity index (χ1n) is 6.27. The van der Waals surface area contributed by atoms with Crippen LogP contribution in [0.4, 0.5) is 0 Å². The second-order valence-electron chi connectivity index (χ2n) is 4.64. The molecular formula is C14H14N4O3. The monoisotopic (exact) mass is 286 g/mol. The Morgan fingerprint density at radius 1 is 1.48 bits per heavy atom. The molecule has 0 saturated heterocycles. The largest absolute Gasteiger partial charge is 0.495 e. The summed E-state index contributed by atoms with van der Waals surface area (Å²) in [7, 11) is 1.43. The summed E-state index contributed by atoms with van der Waals surface area (Å²) in [6.07, 6.45) is 3.37. The van der Waals surface area contributed by atoms with Crippen molar-refractivity contribution < 1.29 is 9.53 Å². The summed E-state index contributed by atoms with van der Waals surface area (Å²) in [5.74, 6) is 0.609. The van der Waals surface area contributed by atoms with Crippen molar-refractivity contribution in [2.24, 2.45) is 0 Å². The lowest BCUT2D eigenvalue weighted by Gasteiger charge is -2.07. The molecule has 0 aliphatic carbocycles. The van der Waals surface area contributed by atoms with Gasteiger partial charge < -0.3 is 4.74 Å². The molecule has 0 N–H and O–H groups in total. The van der Waals surface area contributed by atoms with Crippen molar-refractivity contribution in [2.75, 3.05) is 7.11 Å². The first-order chi connectivity index (χ1) is 10.0. The molecule has 2 heterocycles. The molecule has 0 amide bonds. The molecule has 7 nitrogen and oxygen atoms in total. The lowest BCUT2D eigenvalue weighted by molar-refractivity contribution is 0.111. The Balaban J connectivity index is 2.66. The summed E-state index contributed by atoms with van der Waals surface area (Å²) in [5, 5.41) is 8.94. The van der Waals surface area contributed by atoms with E-state index < -0.39 is 0 Å². The highest BCUT2D eigenvalue weighted by Crippen LogP contribution is 2.19. The predicted octanol–water partition coefficient (Wildman–Crippen LogP) is 1.31. The number of nitrogens with zero attached hydrogens (tertiary/aromatic N) is 4. The SMILES string of the molecule is COc1cc(-n2cc(C=O)n(C(C)C)c2=O)ncc1C#N. The number of rotatable bonds is 4. The average molecular weight is 286 g/mol. The van der Waals surface area contributed by atoms with Crippen molar-refractivity contribution in [3.05, 3.63) is 40.2 Å². The van der Waals surface area contributed by atoms with E-state index in [0.29, 0.717) is 17.9 Å². The maximum atomic E-state index is 12.4. The molecule has 108 valence electrons. The quantitative estimate of drug-likeness (QED) is 0.790. The van der Waals surface area contributed by atoms with Crippen molar-refractivity contribution in [2.45, 2.75) is 19.9 Å². The standard InChI is InChI=1S/C14H14N4O3/c1-9(2)18-11(8-19)7-17(14(18)20)13-4-12(21-3)10(5-15)6-16-13/h4,6-9H,1-3H3. The van der Waals surface area contributed by atoms with Crippen molar-refractivity contribution in [3.63, 3.8) is 0 Å². The molecule has 0 bridgehead atoms. The van der Waals surface area contributed by atoms with Crippen LogP contribution in [0.5, 0.6) is 5.75 Å². The number of hydrogen-bond acceptors (Lipinski definition) is 5. The fourth-order valence-electron chi connectivity index (χ4n) is 2.06. The van der Waals surface area contributed by atoms with E-state index in [1.165, 1.54) is 34.7 Å². The molecule has 2 aromatic rings. The number of ether oxygens (including phenoxy) is 1. The van der Waals surface area contributed by atoms with Gasteiger partial charge in [0.1, 0.15) is 28.9 Å². The van der Waals surface area contributed by atoms with E-state index in [1.807, 2.05) is 19.9 Å². The summed E-state index contributed by atoms with van der Waals surface area (Å²) in [4.78, 5) is 27.5. The van der Waals surface area contributed by atoms with Crippen LogP contribution >= 0.6 is 0 Å². The number of pyridine rings is 1. The van der Waals surface area contributed by atoms with Crippen molar-refractivity contribution >= 4 is 6.29 Å². The maximum Gasteiger partial charge on any atom is 0.334 e. The number of hydrogen-bond donors (Lipinski definition) is 0. The third-order valence-electron chi connectivity index (χ3n) is 3.03. The molecule has 0 spiro atoms. The molecule has 0 fully saturated rings. The van der Waals surface area contributed by atoms with Crippen LogP contribution in [0.3, 0.4) is 0 Å². The van der Waals surface area contributed by atoms with E-state index in [0.717, 1.165) is 0 Å². The molecule has 0 radical (unpaired) electrons. The van der Waals surface area contributed by atoms with Gasteiger partial charge in [-0.25, -0.2) is 9.78 Å². The van der Waals surface area contributed by atoms with Crippen molar-refractivity contribution in [3.8, 4) is 17.6 Å². The normalized spacial score (nSPS) is 10.4. The zero-order valence-electron chi connectivity index (χ0n) is 11.9. The first-order valence-corrected chi connectivity index (χ1v) is 6.27. The van der Waals surface area contributed by atoms with E-state index >= 15 is 0 Å². The highest BCUT2D eigenvalue weighted by molar-refractivity contribution is 5.72. The van der Waals surface area contributed by atoms with Crippen LogP contribution in [0.15, 0.2) is 23.3 Å². The number of imidazole rings is 1. The number of methoxy groups -OCH3 is 1. The van der Waals surface area contributed by atoms with Gasteiger partial charge in [-0.1, -0.05) is 0 Å². The van der Waals surface area contributed by atoms with E-state index in [-0.39, 0.29) is 23.0 Å². The number of carbonyl (C=O) groups is 1. The van der Waals surface area contributed by atoms with Crippen LogP contribution in [-0.4, -0.2) is 27.5 Å². The molecule has 0 unspecified atom stereocenters. The smallest absolute Gasteiger partial charge is 0.334 e. The molecule has 21 heavy (non-hydrogen) atoms. The topological polar surface area (TPSA) is 89.9 Å². The minimum atomic E-state index is -0.369. The Morgan fingerprint density at radius 3 is 2.67 bits per heavy atom. The van der Waals surface area contributed by atoms with Crippen LogP contribution in [0.2, 0.25) is 0 Å². The highest BCUT2D eigenvalue weighted by Gasteiger charge is 2.16. The molecule has 0 aliphatic rings. The van der Waals surface area contributed by atoms with Crippen LogP contribution in [0, 0.1) is 11.3 Å². The molecular weight excluding hydrogens is 272 g/mol. The van der Waals surface area contributed by atoms with E-state index in [9.17, 15) is 9.59 Å². The molecule has 2 aromatic heterocycles. The molecule has 2 rings (SSSR count). The third kappa shape index (κ3) is 2.43. The number of carbonyl (C=O) groups excluding carboxylic acids is 1. The Bertz CT molecular complexity index is 780. The second kappa shape index (κ2) is 5.63. The number of aromatic nitrogens is 3. The van der Waals surface area contributed by atoms with Crippen LogP contribution in [0.1, 0.15) is 35.9 Å². The van der Waals surface area contributed by atoms with Gasteiger partial charge in [0.2, 0.25) is 0 Å². The molecule has 0 aromatic carbocycles. The van der Waals surface area contributed by atoms with Gasteiger partial charge in [-0.3, -0.25) is 13.9 Å². The van der Waals surface area contributed by atoms with Gasteiger partial charge in [0.25, 0.3) is 0 Å². The van der Waals surface area contributed by atoms with Crippen molar-refractivity contribution in [1.82, 2.24) is 14.1 Å². The van der Waals surface area contributed by atoms with Crippen LogP contribution in [-0.2, 0) is 0 Å². The summed E-state index contributed by atoms with van der Waals surface area (Å²) in [6, 6.07) is 3.28. The van der Waals surface area contributed by atoms with E-state index in [1.54, 1.807) is 0 Å². The minimum Gasteiger partial charge on any atom is -0.495 e. The van der Waals surface area contributed by atoms with Gasteiger partial charge in [0.05, 0.1) is 13.3 Å². The Kier molecular flexibility index (Phi) is 3.89. The Hall–Kier alpha value is -2.88. The third-order valence-corrected chi connectivity index (χ3v) is 3.03. The van der Waals surface area contributed by atoms with Gasteiger partial charge in [-0.05, 0) is 13.8 Å². The Morgan fingerprint density at radius 2 is 2.19 bits per heavy atom.